The summed E-state index contributed by atoms with van der Waals surface area (Å²) in [6, 6.07) is -0.608. The van der Waals surface area contributed by atoms with Crippen LogP contribution in [0.4, 0.5) is 4.79 Å². The van der Waals surface area contributed by atoms with Gasteiger partial charge in [-0.2, -0.15) is 5.10 Å². The molecule has 0 heterocycles. The van der Waals surface area contributed by atoms with Gasteiger partial charge in [0.05, 0.1) is 0 Å². The van der Waals surface area contributed by atoms with E-state index in [4.69, 9.17) is 5.73 Å². The highest BCUT2D eigenvalue weighted by Gasteiger charge is 2.29. The Morgan fingerprint density at radius 3 is 2.79 bits per heavy atom. The molecule has 4 heteroatoms. The van der Waals surface area contributed by atoms with Crippen molar-refractivity contribution in [3.8, 4) is 0 Å². The van der Waals surface area contributed by atoms with E-state index in [0.29, 0.717) is 11.8 Å². The summed E-state index contributed by atoms with van der Waals surface area (Å²) in [5.41, 5.74) is 9.40. The van der Waals surface area contributed by atoms with Crippen molar-refractivity contribution in [3.05, 3.63) is 12.2 Å². The van der Waals surface area contributed by atoms with Crippen molar-refractivity contribution in [2.24, 2.45) is 22.7 Å². The van der Waals surface area contributed by atoms with Crippen molar-refractivity contribution in [3.63, 3.8) is 0 Å². The van der Waals surface area contributed by atoms with E-state index in [1.54, 1.807) is 0 Å². The molecule has 0 aliphatic heterocycles. The lowest BCUT2D eigenvalue weighted by molar-refractivity contribution is 0.249. The van der Waals surface area contributed by atoms with Crippen molar-refractivity contribution in [1.82, 2.24) is 5.43 Å². The predicted octanol–water partition coefficient (Wildman–Crippen LogP) is 1.63. The van der Waals surface area contributed by atoms with Crippen LogP contribution in [0.25, 0.3) is 0 Å². The number of nitrogens with one attached hydrogen (secondary N) is 1. The predicted molar refractivity (Wildman–Crippen MR) is 56.9 cm³/mol. The first-order valence-corrected chi connectivity index (χ1v) is 4.79. The second kappa shape index (κ2) is 4.26. The number of urea groups is 1. The molecule has 1 fully saturated rings. The maximum Gasteiger partial charge on any atom is 0.332 e. The zero-order valence-electron chi connectivity index (χ0n) is 8.71. The Bertz CT molecular complexity index is 283. The molecule has 2 unspecified atom stereocenters. The molecule has 0 spiro atoms. The number of hydrogen-bond acceptors (Lipinski definition) is 2. The van der Waals surface area contributed by atoms with Gasteiger partial charge in [0.15, 0.2) is 0 Å². The Morgan fingerprint density at radius 1 is 1.71 bits per heavy atom. The molecular weight excluding hydrogens is 178 g/mol. The highest BCUT2D eigenvalue weighted by atomic mass is 16.2. The summed E-state index contributed by atoms with van der Waals surface area (Å²) in [4.78, 5) is 10.5. The van der Waals surface area contributed by atoms with Gasteiger partial charge in [0, 0.05) is 11.6 Å². The summed E-state index contributed by atoms with van der Waals surface area (Å²) in [7, 11) is 0. The van der Waals surface area contributed by atoms with Crippen molar-refractivity contribution in [2.45, 2.75) is 26.7 Å². The lowest BCUT2D eigenvalue weighted by Crippen LogP contribution is -2.26. The molecule has 78 valence electrons. The molecule has 4 nitrogen and oxygen atoms in total. The van der Waals surface area contributed by atoms with Gasteiger partial charge >= 0.3 is 6.03 Å². The molecule has 0 bridgehead atoms. The fourth-order valence-electron chi connectivity index (χ4n) is 1.97. The standard InChI is InChI=1S/C10H17N3O/c1-6(2)8-4-5-9(7(8)3)12-13-10(11)14/h7-8H,1,4-5H2,2-3H3,(H3,11,13,14)/b12-9+. The van der Waals surface area contributed by atoms with Crippen molar-refractivity contribution < 1.29 is 4.79 Å². The van der Waals surface area contributed by atoms with Crippen LogP contribution >= 0.6 is 0 Å². The first-order chi connectivity index (χ1) is 6.52. The minimum Gasteiger partial charge on any atom is -0.350 e. The number of rotatable bonds is 2. The quantitative estimate of drug-likeness (QED) is 0.510. The van der Waals surface area contributed by atoms with Gasteiger partial charge in [-0.05, 0) is 25.7 Å². The molecule has 1 saturated carbocycles. The third-order valence-corrected chi connectivity index (χ3v) is 2.78. The summed E-state index contributed by atoms with van der Waals surface area (Å²) in [6.07, 6.45) is 1.98. The third-order valence-electron chi connectivity index (χ3n) is 2.78. The number of carbonyl (C=O) groups excluding carboxylic acids is 1. The summed E-state index contributed by atoms with van der Waals surface area (Å²) >= 11 is 0. The zero-order valence-corrected chi connectivity index (χ0v) is 8.71. The van der Waals surface area contributed by atoms with Gasteiger partial charge in [-0.1, -0.05) is 19.1 Å². The first-order valence-electron chi connectivity index (χ1n) is 4.79. The lowest BCUT2D eigenvalue weighted by atomic mass is 9.91. The van der Waals surface area contributed by atoms with Crippen molar-refractivity contribution in [1.29, 1.82) is 0 Å². The Kier molecular flexibility index (Phi) is 3.28. The summed E-state index contributed by atoms with van der Waals surface area (Å²) < 4.78 is 0. The number of hydrazone groups is 1. The number of primary amides is 1. The van der Waals surface area contributed by atoms with E-state index in [9.17, 15) is 4.79 Å². The van der Waals surface area contributed by atoms with Gasteiger partial charge < -0.3 is 5.73 Å². The van der Waals surface area contributed by atoms with Gasteiger partial charge in [-0.3, -0.25) is 0 Å². The molecule has 0 aromatic heterocycles. The maximum atomic E-state index is 10.5. The Hall–Kier alpha value is -1.32. The third kappa shape index (κ3) is 2.34. The highest BCUT2D eigenvalue weighted by Crippen LogP contribution is 2.33. The maximum absolute atomic E-state index is 10.5. The molecule has 2 amide bonds. The number of carbonyl (C=O) groups is 1. The Balaban J connectivity index is 2.63. The van der Waals surface area contributed by atoms with Gasteiger partial charge in [0.2, 0.25) is 0 Å². The molecule has 1 rings (SSSR count). The monoisotopic (exact) mass is 195 g/mol. The van der Waals surface area contributed by atoms with E-state index < -0.39 is 6.03 Å². The van der Waals surface area contributed by atoms with Crippen LogP contribution in [0.15, 0.2) is 17.3 Å². The van der Waals surface area contributed by atoms with Gasteiger partial charge in [0.1, 0.15) is 0 Å². The van der Waals surface area contributed by atoms with Gasteiger partial charge in [0.25, 0.3) is 0 Å². The largest absolute Gasteiger partial charge is 0.350 e. The van der Waals surface area contributed by atoms with E-state index in [1.807, 2.05) is 6.92 Å². The summed E-state index contributed by atoms with van der Waals surface area (Å²) in [5, 5.41) is 3.99. The second-order valence-electron chi connectivity index (χ2n) is 3.86. The average molecular weight is 195 g/mol. The van der Waals surface area contributed by atoms with Crippen LogP contribution in [-0.4, -0.2) is 11.7 Å². The number of nitrogens with zero attached hydrogens (tertiary/aromatic N) is 1. The molecule has 0 saturated heterocycles. The van der Waals surface area contributed by atoms with Crippen LogP contribution in [0.1, 0.15) is 26.7 Å². The van der Waals surface area contributed by atoms with Crippen LogP contribution in [0, 0.1) is 11.8 Å². The second-order valence-corrected chi connectivity index (χ2v) is 3.86. The van der Waals surface area contributed by atoms with E-state index in [2.05, 4.69) is 24.0 Å². The van der Waals surface area contributed by atoms with E-state index in [0.717, 1.165) is 18.6 Å². The Labute approximate surface area is 84.2 Å². The van der Waals surface area contributed by atoms with Gasteiger partial charge in [-0.25, -0.2) is 10.2 Å². The number of hydrogen-bond donors (Lipinski definition) is 2. The Morgan fingerprint density at radius 2 is 2.36 bits per heavy atom. The fraction of sp³-hybridized carbons (Fsp3) is 0.600. The normalized spacial score (nSPS) is 29.1. The molecule has 3 N–H and O–H groups in total. The van der Waals surface area contributed by atoms with Gasteiger partial charge in [-0.15, -0.1) is 0 Å². The smallest absolute Gasteiger partial charge is 0.332 e. The molecule has 0 radical (unpaired) electrons. The number of amides is 2. The molecule has 0 aromatic rings. The van der Waals surface area contributed by atoms with E-state index in [-0.39, 0.29) is 0 Å². The number of nitrogens with two attached hydrogens (primary N) is 1. The molecule has 1 aliphatic carbocycles. The first kappa shape index (κ1) is 10.8. The van der Waals surface area contributed by atoms with Crippen LogP contribution in [-0.2, 0) is 0 Å². The van der Waals surface area contributed by atoms with Crippen LogP contribution in [0.2, 0.25) is 0 Å². The minimum absolute atomic E-state index is 0.361. The van der Waals surface area contributed by atoms with E-state index >= 15 is 0 Å². The fourth-order valence-corrected chi connectivity index (χ4v) is 1.97. The van der Waals surface area contributed by atoms with Crippen molar-refractivity contribution >= 4 is 11.7 Å². The molecule has 2 atom stereocenters. The minimum atomic E-state index is -0.608. The summed E-state index contributed by atoms with van der Waals surface area (Å²) in [5.74, 6) is 0.850. The molecular formula is C10H17N3O. The SMILES string of the molecule is C=C(C)C1CC/C(=N\NC(N)=O)C1C. The average Bonchev–Trinajstić information content (AvgIpc) is 2.43. The highest BCUT2D eigenvalue weighted by molar-refractivity contribution is 5.90. The van der Waals surface area contributed by atoms with E-state index in [1.165, 1.54) is 5.57 Å². The summed E-state index contributed by atoms with van der Waals surface area (Å²) in [6.45, 7) is 8.09. The topological polar surface area (TPSA) is 67.5 Å². The van der Waals surface area contributed by atoms with Crippen LogP contribution < -0.4 is 11.2 Å². The zero-order chi connectivity index (χ0) is 10.7. The van der Waals surface area contributed by atoms with Crippen molar-refractivity contribution in [2.75, 3.05) is 0 Å². The van der Waals surface area contributed by atoms with Crippen LogP contribution in [0.3, 0.4) is 0 Å². The number of allylic oxidation sites excluding steroid dienone is 1. The lowest BCUT2D eigenvalue weighted by Gasteiger charge is -2.14. The van der Waals surface area contributed by atoms with Crippen LogP contribution in [0.5, 0.6) is 0 Å². The molecule has 14 heavy (non-hydrogen) atoms. The molecule has 1 aliphatic rings. The molecule has 0 aromatic carbocycles.